The number of morpholine rings is 1. The fourth-order valence-electron chi connectivity index (χ4n) is 1.45. The lowest BCUT2D eigenvalue weighted by molar-refractivity contribution is 0.0111. The van der Waals surface area contributed by atoms with Crippen LogP contribution in [0.1, 0.15) is 13.8 Å². The van der Waals surface area contributed by atoms with E-state index in [0.29, 0.717) is 6.17 Å². The highest BCUT2D eigenvalue weighted by Gasteiger charge is 2.16. The van der Waals surface area contributed by atoms with Gasteiger partial charge in [-0.3, -0.25) is 10.2 Å². The van der Waals surface area contributed by atoms with Gasteiger partial charge < -0.3 is 10.5 Å². The standard InChI is InChI=1S/C8H19N3O/c1-7(9)10-8(2)11-3-5-12-6-4-11/h7-8,10H,3-6,9H2,1-2H3. The van der Waals surface area contributed by atoms with Crippen LogP contribution in [-0.4, -0.2) is 43.5 Å². The van der Waals surface area contributed by atoms with Gasteiger partial charge in [0.2, 0.25) is 0 Å². The average Bonchev–Trinajstić information content (AvgIpc) is 2.05. The molecule has 1 fully saturated rings. The van der Waals surface area contributed by atoms with Gasteiger partial charge in [0.15, 0.2) is 0 Å². The Labute approximate surface area is 74.1 Å². The molecule has 0 saturated carbocycles. The maximum absolute atomic E-state index is 5.63. The lowest BCUT2D eigenvalue weighted by atomic mass is 10.3. The lowest BCUT2D eigenvalue weighted by Crippen LogP contribution is -2.53. The summed E-state index contributed by atoms with van der Waals surface area (Å²) in [6.45, 7) is 7.77. The number of nitrogens with zero attached hydrogens (tertiary/aromatic N) is 1. The van der Waals surface area contributed by atoms with Crippen molar-refractivity contribution in [2.24, 2.45) is 5.73 Å². The zero-order valence-corrected chi connectivity index (χ0v) is 7.92. The maximum atomic E-state index is 5.63. The Bertz CT molecular complexity index is 123. The third-order valence-electron chi connectivity index (χ3n) is 2.10. The summed E-state index contributed by atoms with van der Waals surface area (Å²) >= 11 is 0. The lowest BCUT2D eigenvalue weighted by Gasteiger charge is -2.33. The molecule has 0 bridgehead atoms. The summed E-state index contributed by atoms with van der Waals surface area (Å²) in [5.41, 5.74) is 5.63. The van der Waals surface area contributed by atoms with Crippen LogP contribution in [0.5, 0.6) is 0 Å². The molecule has 0 amide bonds. The molecule has 4 nitrogen and oxygen atoms in total. The molecular formula is C8H19N3O. The molecule has 0 aliphatic carbocycles. The molecule has 3 N–H and O–H groups in total. The van der Waals surface area contributed by atoms with E-state index in [1.807, 2.05) is 6.92 Å². The van der Waals surface area contributed by atoms with E-state index in [1.54, 1.807) is 0 Å². The summed E-state index contributed by atoms with van der Waals surface area (Å²) in [6, 6.07) is 0. The van der Waals surface area contributed by atoms with E-state index in [1.165, 1.54) is 0 Å². The molecule has 1 aliphatic heterocycles. The second kappa shape index (κ2) is 4.77. The second-order valence-electron chi connectivity index (χ2n) is 3.28. The normalized spacial score (nSPS) is 25.2. The molecular weight excluding hydrogens is 154 g/mol. The number of hydrogen-bond acceptors (Lipinski definition) is 4. The topological polar surface area (TPSA) is 50.5 Å². The van der Waals surface area contributed by atoms with E-state index >= 15 is 0 Å². The van der Waals surface area contributed by atoms with Crippen molar-refractivity contribution in [1.82, 2.24) is 10.2 Å². The maximum Gasteiger partial charge on any atom is 0.0594 e. The molecule has 0 aromatic rings. The van der Waals surface area contributed by atoms with E-state index in [2.05, 4.69) is 17.1 Å². The van der Waals surface area contributed by atoms with Crippen molar-refractivity contribution < 1.29 is 4.74 Å². The van der Waals surface area contributed by atoms with E-state index in [-0.39, 0.29) is 6.17 Å². The molecule has 0 aromatic heterocycles. The summed E-state index contributed by atoms with van der Waals surface area (Å²) < 4.78 is 5.25. The van der Waals surface area contributed by atoms with Crippen LogP contribution in [0, 0.1) is 0 Å². The minimum Gasteiger partial charge on any atom is -0.379 e. The third kappa shape index (κ3) is 3.06. The van der Waals surface area contributed by atoms with Crippen molar-refractivity contribution in [3.05, 3.63) is 0 Å². The first-order valence-electron chi connectivity index (χ1n) is 4.53. The zero-order chi connectivity index (χ0) is 8.97. The highest BCUT2D eigenvalue weighted by Crippen LogP contribution is 2.00. The average molecular weight is 173 g/mol. The van der Waals surface area contributed by atoms with E-state index in [4.69, 9.17) is 10.5 Å². The summed E-state index contributed by atoms with van der Waals surface area (Å²) in [6.07, 6.45) is 0.414. The van der Waals surface area contributed by atoms with Crippen LogP contribution in [0.2, 0.25) is 0 Å². The van der Waals surface area contributed by atoms with Gasteiger partial charge in [0, 0.05) is 13.1 Å². The first-order valence-corrected chi connectivity index (χ1v) is 4.53. The summed E-state index contributed by atoms with van der Waals surface area (Å²) in [7, 11) is 0. The summed E-state index contributed by atoms with van der Waals surface area (Å²) in [5.74, 6) is 0. The van der Waals surface area contributed by atoms with Gasteiger partial charge in [-0.1, -0.05) is 0 Å². The van der Waals surface area contributed by atoms with Crippen LogP contribution in [0.4, 0.5) is 0 Å². The van der Waals surface area contributed by atoms with Gasteiger partial charge in [-0.05, 0) is 13.8 Å². The molecule has 72 valence electrons. The Morgan fingerprint density at radius 1 is 1.33 bits per heavy atom. The SMILES string of the molecule is CC(N)NC(C)N1CCOCC1. The summed E-state index contributed by atoms with van der Waals surface area (Å²) in [5, 5.41) is 3.26. The van der Waals surface area contributed by atoms with Gasteiger partial charge >= 0.3 is 0 Å². The van der Waals surface area contributed by atoms with Crippen LogP contribution in [0.15, 0.2) is 0 Å². The van der Waals surface area contributed by atoms with Gasteiger partial charge in [0.1, 0.15) is 0 Å². The van der Waals surface area contributed by atoms with E-state index in [0.717, 1.165) is 26.3 Å². The minimum atomic E-state index is 0.0582. The Balaban J connectivity index is 2.24. The third-order valence-corrected chi connectivity index (χ3v) is 2.10. The van der Waals surface area contributed by atoms with Crippen molar-refractivity contribution >= 4 is 0 Å². The van der Waals surface area contributed by atoms with Crippen LogP contribution in [0.3, 0.4) is 0 Å². The van der Waals surface area contributed by atoms with E-state index < -0.39 is 0 Å². The number of hydrogen-bond donors (Lipinski definition) is 2. The largest absolute Gasteiger partial charge is 0.379 e. The second-order valence-corrected chi connectivity index (χ2v) is 3.28. The molecule has 2 unspecified atom stereocenters. The van der Waals surface area contributed by atoms with Crippen molar-refractivity contribution in [3.63, 3.8) is 0 Å². The molecule has 12 heavy (non-hydrogen) atoms. The molecule has 4 heteroatoms. The number of nitrogens with one attached hydrogen (secondary N) is 1. The Hall–Kier alpha value is -0.160. The molecule has 0 spiro atoms. The highest BCUT2D eigenvalue weighted by molar-refractivity contribution is 4.69. The molecule has 0 aromatic carbocycles. The minimum absolute atomic E-state index is 0.0582. The van der Waals surface area contributed by atoms with Gasteiger partial charge in [-0.25, -0.2) is 0 Å². The molecule has 0 radical (unpaired) electrons. The molecule has 2 atom stereocenters. The van der Waals surface area contributed by atoms with Crippen molar-refractivity contribution in [3.8, 4) is 0 Å². The molecule has 1 aliphatic rings. The Kier molecular flexibility index (Phi) is 3.94. The highest BCUT2D eigenvalue weighted by atomic mass is 16.5. The Morgan fingerprint density at radius 3 is 2.42 bits per heavy atom. The van der Waals surface area contributed by atoms with Gasteiger partial charge in [-0.2, -0.15) is 0 Å². The van der Waals surface area contributed by atoms with Crippen molar-refractivity contribution in [2.45, 2.75) is 26.2 Å². The molecule has 1 rings (SSSR count). The van der Waals surface area contributed by atoms with Gasteiger partial charge in [0.25, 0.3) is 0 Å². The quantitative estimate of drug-likeness (QED) is 0.568. The Morgan fingerprint density at radius 2 is 1.92 bits per heavy atom. The summed E-state index contributed by atoms with van der Waals surface area (Å²) in [4.78, 5) is 2.34. The number of ether oxygens (including phenoxy) is 1. The van der Waals surface area contributed by atoms with Crippen LogP contribution in [0.25, 0.3) is 0 Å². The fraction of sp³-hybridized carbons (Fsp3) is 1.00. The smallest absolute Gasteiger partial charge is 0.0594 e. The van der Waals surface area contributed by atoms with Gasteiger partial charge in [0.05, 0.1) is 25.5 Å². The van der Waals surface area contributed by atoms with Crippen LogP contribution >= 0.6 is 0 Å². The van der Waals surface area contributed by atoms with Crippen LogP contribution in [-0.2, 0) is 4.74 Å². The first kappa shape index (κ1) is 9.92. The van der Waals surface area contributed by atoms with Crippen LogP contribution < -0.4 is 11.1 Å². The number of nitrogens with two attached hydrogens (primary N) is 1. The van der Waals surface area contributed by atoms with E-state index in [9.17, 15) is 0 Å². The predicted octanol–water partition coefficient (Wildman–Crippen LogP) is -0.441. The van der Waals surface area contributed by atoms with Gasteiger partial charge in [-0.15, -0.1) is 0 Å². The zero-order valence-electron chi connectivity index (χ0n) is 7.92. The number of rotatable bonds is 3. The monoisotopic (exact) mass is 173 g/mol. The van der Waals surface area contributed by atoms with Crippen molar-refractivity contribution in [1.29, 1.82) is 0 Å². The first-order chi connectivity index (χ1) is 5.70. The fourth-order valence-corrected chi connectivity index (χ4v) is 1.45. The molecule has 1 saturated heterocycles. The van der Waals surface area contributed by atoms with Crippen molar-refractivity contribution in [2.75, 3.05) is 26.3 Å². The predicted molar refractivity (Wildman–Crippen MR) is 48.6 cm³/mol. The molecule has 1 heterocycles.